The number of esters is 1. The molecule has 0 atom stereocenters. The predicted octanol–water partition coefficient (Wildman–Crippen LogP) is 1.40. The molecule has 1 heterocycles. The first kappa shape index (κ1) is 11.1. The zero-order valence-corrected chi connectivity index (χ0v) is 9.75. The molecule has 3 heteroatoms. The Morgan fingerprint density at radius 3 is 2.75 bits per heavy atom. The van der Waals surface area contributed by atoms with Crippen LogP contribution in [0.4, 0.5) is 0 Å². The maximum absolute atomic E-state index is 12.0. The lowest BCUT2D eigenvalue weighted by Gasteiger charge is -2.40. The maximum atomic E-state index is 12.0. The second kappa shape index (κ2) is 4.26. The van der Waals surface area contributed by atoms with Crippen molar-refractivity contribution in [2.45, 2.75) is 19.3 Å². The molecule has 1 saturated heterocycles. The molecule has 1 aliphatic rings. The smallest absolute Gasteiger partial charge is 0.319 e. The van der Waals surface area contributed by atoms with Crippen molar-refractivity contribution in [2.24, 2.45) is 0 Å². The number of hydrogen-bond donors (Lipinski definition) is 1. The van der Waals surface area contributed by atoms with E-state index in [0.717, 1.165) is 5.56 Å². The molecule has 0 bridgehead atoms. The van der Waals surface area contributed by atoms with E-state index >= 15 is 0 Å². The van der Waals surface area contributed by atoms with Gasteiger partial charge in [0, 0.05) is 13.1 Å². The van der Waals surface area contributed by atoms with Gasteiger partial charge in [0.2, 0.25) is 0 Å². The second-order valence-electron chi connectivity index (χ2n) is 4.28. The highest BCUT2D eigenvalue weighted by molar-refractivity contribution is 5.85. The Balaban J connectivity index is 2.31. The van der Waals surface area contributed by atoms with Gasteiger partial charge in [-0.2, -0.15) is 0 Å². The summed E-state index contributed by atoms with van der Waals surface area (Å²) in [5.74, 6) is -0.112. The number of hydrogen-bond acceptors (Lipinski definition) is 3. The summed E-state index contributed by atoms with van der Waals surface area (Å²) in [4.78, 5) is 12.0. The minimum atomic E-state index is -0.456. The van der Waals surface area contributed by atoms with Crippen molar-refractivity contribution in [3.8, 4) is 0 Å². The van der Waals surface area contributed by atoms with Gasteiger partial charge in [-0.25, -0.2) is 0 Å². The van der Waals surface area contributed by atoms with Crippen LogP contribution in [0.5, 0.6) is 0 Å². The van der Waals surface area contributed by atoms with Crippen molar-refractivity contribution in [2.75, 3.05) is 19.7 Å². The molecule has 1 aromatic carbocycles. The molecule has 0 aromatic heterocycles. The van der Waals surface area contributed by atoms with Gasteiger partial charge in [0.25, 0.3) is 0 Å². The highest BCUT2D eigenvalue weighted by Crippen LogP contribution is 2.30. The molecular formula is C13H17NO2. The summed E-state index contributed by atoms with van der Waals surface area (Å²) < 4.78 is 5.16. The van der Waals surface area contributed by atoms with Crippen molar-refractivity contribution in [1.29, 1.82) is 0 Å². The van der Waals surface area contributed by atoms with E-state index in [0.29, 0.717) is 19.7 Å². The van der Waals surface area contributed by atoms with Gasteiger partial charge in [0.15, 0.2) is 0 Å². The maximum Gasteiger partial charge on any atom is 0.319 e. The second-order valence-corrected chi connectivity index (χ2v) is 4.28. The van der Waals surface area contributed by atoms with E-state index in [9.17, 15) is 4.79 Å². The first-order chi connectivity index (χ1) is 7.69. The topological polar surface area (TPSA) is 38.3 Å². The average Bonchev–Trinajstić information content (AvgIpc) is 2.16. The minimum absolute atomic E-state index is 0.112. The Morgan fingerprint density at radius 1 is 1.50 bits per heavy atom. The molecule has 0 saturated carbocycles. The van der Waals surface area contributed by atoms with Crippen LogP contribution in [0.25, 0.3) is 0 Å². The summed E-state index contributed by atoms with van der Waals surface area (Å²) in [7, 11) is 0. The van der Waals surface area contributed by atoms with E-state index in [4.69, 9.17) is 4.74 Å². The lowest BCUT2D eigenvalue weighted by atomic mass is 9.75. The molecule has 1 fully saturated rings. The van der Waals surface area contributed by atoms with Crippen molar-refractivity contribution >= 4 is 5.97 Å². The van der Waals surface area contributed by atoms with Gasteiger partial charge in [-0.05, 0) is 19.4 Å². The van der Waals surface area contributed by atoms with Crippen molar-refractivity contribution < 1.29 is 9.53 Å². The lowest BCUT2D eigenvalue weighted by Crippen LogP contribution is -2.62. The quantitative estimate of drug-likeness (QED) is 0.781. The molecule has 1 aromatic rings. The van der Waals surface area contributed by atoms with Gasteiger partial charge in [-0.1, -0.05) is 29.8 Å². The van der Waals surface area contributed by atoms with Crippen LogP contribution in [-0.4, -0.2) is 25.7 Å². The molecule has 1 N–H and O–H groups in total. The monoisotopic (exact) mass is 219 g/mol. The first-order valence-electron chi connectivity index (χ1n) is 5.64. The van der Waals surface area contributed by atoms with Crippen molar-refractivity contribution in [3.05, 3.63) is 35.4 Å². The molecule has 0 spiro atoms. The van der Waals surface area contributed by atoms with E-state index in [1.54, 1.807) is 0 Å². The molecule has 16 heavy (non-hydrogen) atoms. The fraction of sp³-hybridized carbons (Fsp3) is 0.462. The third-order valence-corrected chi connectivity index (χ3v) is 3.09. The number of benzene rings is 1. The number of nitrogens with one attached hydrogen (secondary N) is 1. The van der Waals surface area contributed by atoms with E-state index < -0.39 is 5.41 Å². The van der Waals surface area contributed by atoms with Crippen molar-refractivity contribution in [1.82, 2.24) is 5.32 Å². The first-order valence-corrected chi connectivity index (χ1v) is 5.64. The summed E-state index contributed by atoms with van der Waals surface area (Å²) in [6.45, 7) is 5.67. The van der Waals surface area contributed by atoms with Crippen LogP contribution in [0.2, 0.25) is 0 Å². The third-order valence-electron chi connectivity index (χ3n) is 3.09. The predicted molar refractivity (Wildman–Crippen MR) is 62.4 cm³/mol. The van der Waals surface area contributed by atoms with Gasteiger partial charge in [0.1, 0.15) is 5.41 Å². The lowest BCUT2D eigenvalue weighted by molar-refractivity contribution is -0.152. The van der Waals surface area contributed by atoms with Crippen LogP contribution in [-0.2, 0) is 14.9 Å². The van der Waals surface area contributed by atoms with Crippen molar-refractivity contribution in [3.63, 3.8) is 0 Å². The summed E-state index contributed by atoms with van der Waals surface area (Å²) >= 11 is 0. The number of rotatable bonds is 3. The molecule has 0 amide bonds. The highest BCUT2D eigenvalue weighted by Gasteiger charge is 2.47. The van der Waals surface area contributed by atoms with E-state index in [-0.39, 0.29) is 5.97 Å². The van der Waals surface area contributed by atoms with Crippen LogP contribution in [0.1, 0.15) is 18.1 Å². The summed E-state index contributed by atoms with van der Waals surface area (Å²) in [6.07, 6.45) is 0. The Kier molecular flexibility index (Phi) is 2.97. The van der Waals surface area contributed by atoms with E-state index in [1.807, 2.05) is 32.0 Å². The number of carbonyl (C=O) groups is 1. The summed E-state index contributed by atoms with van der Waals surface area (Å²) in [5.41, 5.74) is 1.78. The Bertz CT molecular complexity index is 397. The highest BCUT2D eigenvalue weighted by atomic mass is 16.5. The van der Waals surface area contributed by atoms with Crippen LogP contribution >= 0.6 is 0 Å². The normalized spacial score (nSPS) is 17.6. The van der Waals surface area contributed by atoms with Gasteiger partial charge < -0.3 is 10.1 Å². The molecule has 0 radical (unpaired) electrons. The zero-order chi connectivity index (χ0) is 11.6. The van der Waals surface area contributed by atoms with E-state index in [1.165, 1.54) is 5.56 Å². The van der Waals surface area contributed by atoms with Crippen LogP contribution in [0.15, 0.2) is 24.3 Å². The Labute approximate surface area is 95.8 Å². The Hall–Kier alpha value is -1.35. The van der Waals surface area contributed by atoms with Gasteiger partial charge >= 0.3 is 5.97 Å². The number of carbonyl (C=O) groups excluding carboxylic acids is 1. The van der Waals surface area contributed by atoms with Gasteiger partial charge in [0.05, 0.1) is 6.61 Å². The minimum Gasteiger partial charge on any atom is -0.465 e. The largest absolute Gasteiger partial charge is 0.465 e. The van der Waals surface area contributed by atoms with Gasteiger partial charge in [-0.3, -0.25) is 4.79 Å². The molecular weight excluding hydrogens is 202 g/mol. The third kappa shape index (κ3) is 1.71. The number of aryl methyl sites for hydroxylation is 1. The molecule has 86 valence electrons. The van der Waals surface area contributed by atoms with E-state index in [2.05, 4.69) is 11.4 Å². The molecule has 0 aliphatic carbocycles. The Morgan fingerprint density at radius 2 is 2.25 bits per heavy atom. The molecule has 2 rings (SSSR count). The standard InChI is InChI=1S/C13H17NO2/c1-3-16-12(15)13(8-14-9-13)11-6-4-5-10(2)7-11/h4-7,14H,3,8-9H2,1-2H3. The molecule has 0 unspecified atom stereocenters. The summed E-state index contributed by atoms with van der Waals surface area (Å²) in [5, 5.41) is 3.16. The average molecular weight is 219 g/mol. The summed E-state index contributed by atoms with van der Waals surface area (Å²) in [6, 6.07) is 8.10. The fourth-order valence-electron chi connectivity index (χ4n) is 2.05. The zero-order valence-electron chi connectivity index (χ0n) is 9.75. The van der Waals surface area contributed by atoms with Crippen LogP contribution in [0.3, 0.4) is 0 Å². The molecule has 1 aliphatic heterocycles. The van der Waals surface area contributed by atoms with Crippen LogP contribution < -0.4 is 5.32 Å². The fourth-order valence-corrected chi connectivity index (χ4v) is 2.05. The van der Waals surface area contributed by atoms with Gasteiger partial charge in [-0.15, -0.1) is 0 Å². The van der Waals surface area contributed by atoms with Crippen LogP contribution in [0, 0.1) is 6.92 Å². The SMILES string of the molecule is CCOC(=O)C1(c2cccc(C)c2)CNC1. The number of ether oxygens (including phenoxy) is 1. The molecule has 3 nitrogen and oxygen atoms in total.